The lowest BCUT2D eigenvalue weighted by Gasteiger charge is -2.09. The van der Waals surface area contributed by atoms with Crippen molar-refractivity contribution in [2.24, 2.45) is 5.73 Å². The monoisotopic (exact) mass is 266 g/mol. The Morgan fingerprint density at radius 3 is 2.50 bits per heavy atom. The summed E-state index contributed by atoms with van der Waals surface area (Å²) in [6.07, 6.45) is 3.84. The molecule has 0 aromatic carbocycles. The number of esters is 1. The number of ether oxygens (including phenoxy) is 1. The molecule has 0 fully saturated rings. The Morgan fingerprint density at radius 2 is 2.00 bits per heavy atom. The Balaban J connectivity index is 0. The zero-order valence-electron chi connectivity index (χ0n) is 8.96. The highest BCUT2D eigenvalue weighted by Gasteiger charge is 2.14. The molecule has 1 heterocycles. The van der Waals surface area contributed by atoms with E-state index in [2.05, 4.69) is 4.98 Å². The molecule has 1 aromatic heterocycles. The van der Waals surface area contributed by atoms with Gasteiger partial charge < -0.3 is 10.5 Å². The number of pyridine rings is 1. The van der Waals surface area contributed by atoms with Gasteiger partial charge in [-0.2, -0.15) is 0 Å². The van der Waals surface area contributed by atoms with Gasteiger partial charge >= 0.3 is 5.97 Å². The largest absolute Gasteiger partial charge is 0.465 e. The zero-order chi connectivity index (χ0) is 10.4. The number of carbonyl (C=O) groups is 1. The third kappa shape index (κ3) is 5.90. The molecule has 16 heavy (non-hydrogen) atoms. The summed E-state index contributed by atoms with van der Waals surface area (Å²) in [5.74, 6) is -0.357. The highest BCUT2D eigenvalue weighted by molar-refractivity contribution is 5.85. The van der Waals surface area contributed by atoms with Gasteiger partial charge in [0.05, 0.1) is 6.61 Å². The number of rotatable bonds is 4. The van der Waals surface area contributed by atoms with Gasteiger partial charge in [0.1, 0.15) is 6.04 Å². The van der Waals surface area contributed by atoms with E-state index in [9.17, 15) is 4.79 Å². The first-order chi connectivity index (χ1) is 6.74. The van der Waals surface area contributed by atoms with E-state index in [1.54, 1.807) is 19.3 Å². The highest BCUT2D eigenvalue weighted by Crippen LogP contribution is 2.01. The Morgan fingerprint density at radius 1 is 1.44 bits per heavy atom. The Hall–Kier alpha value is -0.840. The molecule has 0 spiro atoms. The molecule has 0 bridgehead atoms. The highest BCUT2D eigenvalue weighted by atomic mass is 35.5. The van der Waals surface area contributed by atoms with Crippen molar-refractivity contribution >= 4 is 30.8 Å². The van der Waals surface area contributed by atoms with Crippen molar-refractivity contribution in [3.63, 3.8) is 0 Å². The van der Waals surface area contributed by atoms with Crippen LogP contribution in [0.15, 0.2) is 24.5 Å². The summed E-state index contributed by atoms with van der Waals surface area (Å²) in [6, 6.07) is 3.08. The molecule has 0 aliphatic rings. The number of hydrogen-bond donors (Lipinski definition) is 1. The summed E-state index contributed by atoms with van der Waals surface area (Å²) in [5, 5.41) is 0. The molecular weight excluding hydrogens is 251 g/mol. The SMILES string of the molecule is CCOC(=O)C(N)Cc1ccncc1.Cl.Cl. The third-order valence-corrected chi connectivity index (χ3v) is 1.79. The van der Waals surface area contributed by atoms with E-state index in [1.807, 2.05) is 12.1 Å². The lowest BCUT2D eigenvalue weighted by Crippen LogP contribution is -2.34. The molecule has 6 heteroatoms. The quantitative estimate of drug-likeness (QED) is 0.836. The van der Waals surface area contributed by atoms with Gasteiger partial charge in [0.2, 0.25) is 0 Å². The molecule has 0 saturated carbocycles. The lowest BCUT2D eigenvalue weighted by molar-refractivity contribution is -0.144. The first-order valence-electron chi connectivity index (χ1n) is 4.55. The molecule has 92 valence electrons. The van der Waals surface area contributed by atoms with Gasteiger partial charge in [-0.25, -0.2) is 0 Å². The summed E-state index contributed by atoms with van der Waals surface area (Å²) in [4.78, 5) is 15.1. The maximum atomic E-state index is 11.2. The molecule has 1 aromatic rings. The second-order valence-electron chi connectivity index (χ2n) is 2.92. The molecule has 0 radical (unpaired) electrons. The van der Waals surface area contributed by atoms with Crippen LogP contribution in [-0.2, 0) is 16.0 Å². The predicted molar refractivity (Wildman–Crippen MR) is 67.0 cm³/mol. The second-order valence-corrected chi connectivity index (χ2v) is 2.92. The van der Waals surface area contributed by atoms with E-state index in [-0.39, 0.29) is 30.8 Å². The zero-order valence-corrected chi connectivity index (χ0v) is 10.6. The van der Waals surface area contributed by atoms with E-state index in [4.69, 9.17) is 10.5 Å². The molecule has 1 rings (SSSR count). The molecule has 2 N–H and O–H groups in total. The molecular formula is C10H16Cl2N2O2. The van der Waals surface area contributed by atoms with Crippen molar-refractivity contribution in [2.45, 2.75) is 19.4 Å². The van der Waals surface area contributed by atoms with Gasteiger partial charge in [0.15, 0.2) is 0 Å². The van der Waals surface area contributed by atoms with Crippen LogP contribution in [0, 0.1) is 0 Å². The van der Waals surface area contributed by atoms with E-state index < -0.39 is 6.04 Å². The summed E-state index contributed by atoms with van der Waals surface area (Å²) >= 11 is 0. The molecule has 1 atom stereocenters. The maximum absolute atomic E-state index is 11.2. The van der Waals surface area contributed by atoms with Crippen LogP contribution < -0.4 is 5.73 Å². The van der Waals surface area contributed by atoms with Crippen LogP contribution in [0.4, 0.5) is 0 Å². The van der Waals surface area contributed by atoms with Crippen LogP contribution in [0.5, 0.6) is 0 Å². The van der Waals surface area contributed by atoms with Crippen LogP contribution in [0.25, 0.3) is 0 Å². The molecule has 4 nitrogen and oxygen atoms in total. The smallest absolute Gasteiger partial charge is 0.323 e. The van der Waals surface area contributed by atoms with E-state index in [0.717, 1.165) is 5.56 Å². The standard InChI is InChI=1S/C10H14N2O2.2ClH/c1-2-14-10(13)9(11)7-8-3-5-12-6-4-8;;/h3-6,9H,2,7,11H2,1H3;2*1H. The van der Waals surface area contributed by atoms with Crippen LogP contribution in [-0.4, -0.2) is 23.6 Å². The number of halogens is 2. The van der Waals surface area contributed by atoms with Crippen LogP contribution in [0.1, 0.15) is 12.5 Å². The fourth-order valence-electron chi connectivity index (χ4n) is 1.11. The number of nitrogens with two attached hydrogens (primary N) is 1. The number of hydrogen-bond acceptors (Lipinski definition) is 4. The minimum atomic E-state index is -0.586. The fraction of sp³-hybridized carbons (Fsp3) is 0.400. The number of carbonyl (C=O) groups excluding carboxylic acids is 1. The molecule has 0 saturated heterocycles. The van der Waals surface area contributed by atoms with Crippen LogP contribution >= 0.6 is 24.8 Å². The molecule has 0 aliphatic heterocycles. The summed E-state index contributed by atoms with van der Waals surface area (Å²) in [5.41, 5.74) is 6.63. The van der Waals surface area contributed by atoms with Gasteiger partial charge in [-0.15, -0.1) is 24.8 Å². The molecule has 1 unspecified atom stereocenters. The summed E-state index contributed by atoms with van der Waals surface area (Å²) in [7, 11) is 0. The van der Waals surface area contributed by atoms with Gasteiger partial charge in [-0.3, -0.25) is 9.78 Å². The maximum Gasteiger partial charge on any atom is 0.323 e. The average Bonchev–Trinajstić information content (AvgIpc) is 2.19. The fourth-order valence-corrected chi connectivity index (χ4v) is 1.11. The molecule has 0 amide bonds. The first kappa shape index (κ1) is 17.6. The summed E-state index contributed by atoms with van der Waals surface area (Å²) in [6.45, 7) is 2.12. The van der Waals surface area contributed by atoms with Crippen molar-refractivity contribution in [2.75, 3.05) is 6.61 Å². The van der Waals surface area contributed by atoms with Crippen molar-refractivity contribution in [1.29, 1.82) is 0 Å². The lowest BCUT2D eigenvalue weighted by atomic mass is 10.1. The normalized spacial score (nSPS) is 10.6. The Bertz CT molecular complexity index is 296. The Labute approximate surface area is 107 Å². The van der Waals surface area contributed by atoms with Crippen LogP contribution in [0.3, 0.4) is 0 Å². The topological polar surface area (TPSA) is 65.2 Å². The average molecular weight is 267 g/mol. The summed E-state index contributed by atoms with van der Waals surface area (Å²) < 4.78 is 4.80. The van der Waals surface area contributed by atoms with Gasteiger partial charge in [0.25, 0.3) is 0 Å². The number of aromatic nitrogens is 1. The predicted octanol–water partition coefficient (Wildman–Crippen LogP) is 1.36. The van der Waals surface area contributed by atoms with Gasteiger partial charge in [0, 0.05) is 12.4 Å². The van der Waals surface area contributed by atoms with E-state index >= 15 is 0 Å². The van der Waals surface area contributed by atoms with Crippen molar-refractivity contribution in [3.8, 4) is 0 Å². The third-order valence-electron chi connectivity index (χ3n) is 1.79. The van der Waals surface area contributed by atoms with E-state index in [0.29, 0.717) is 13.0 Å². The van der Waals surface area contributed by atoms with Crippen molar-refractivity contribution < 1.29 is 9.53 Å². The first-order valence-corrected chi connectivity index (χ1v) is 4.55. The minimum Gasteiger partial charge on any atom is -0.465 e. The van der Waals surface area contributed by atoms with Crippen LogP contribution in [0.2, 0.25) is 0 Å². The minimum absolute atomic E-state index is 0. The van der Waals surface area contributed by atoms with Crippen molar-refractivity contribution in [1.82, 2.24) is 4.98 Å². The molecule has 0 aliphatic carbocycles. The van der Waals surface area contributed by atoms with Crippen molar-refractivity contribution in [3.05, 3.63) is 30.1 Å². The van der Waals surface area contributed by atoms with E-state index in [1.165, 1.54) is 0 Å². The van der Waals surface area contributed by atoms with Gasteiger partial charge in [-0.1, -0.05) is 0 Å². The number of nitrogens with zero attached hydrogens (tertiary/aromatic N) is 1. The van der Waals surface area contributed by atoms with Gasteiger partial charge in [-0.05, 0) is 31.0 Å². The second kappa shape index (κ2) is 9.39. The Kier molecular flexibility index (Phi) is 10.3.